The molecule has 0 bridgehead atoms. The zero-order chi connectivity index (χ0) is 13.8. The molecule has 0 saturated carbocycles. The third-order valence-corrected chi connectivity index (χ3v) is 4.01. The molecule has 0 heterocycles. The molecule has 2 aromatic carbocycles. The van der Waals surface area contributed by atoms with E-state index in [2.05, 4.69) is 84.5 Å². The van der Waals surface area contributed by atoms with Crippen molar-refractivity contribution in [2.45, 2.75) is 33.2 Å². The number of aryl methyl sites for hydroxylation is 1. The second-order valence-electron chi connectivity index (χ2n) is 5.23. The Morgan fingerprint density at radius 2 is 1.74 bits per heavy atom. The Bertz CT molecular complexity index is 544. The van der Waals surface area contributed by atoms with Crippen molar-refractivity contribution in [1.29, 1.82) is 0 Å². The summed E-state index contributed by atoms with van der Waals surface area (Å²) in [4.78, 5) is 0. The van der Waals surface area contributed by atoms with Crippen LogP contribution in [0.3, 0.4) is 0 Å². The van der Waals surface area contributed by atoms with Crippen LogP contribution in [-0.2, 0) is 6.54 Å². The predicted molar refractivity (Wildman–Crippen MR) is 86.7 cm³/mol. The molecule has 0 fully saturated rings. The van der Waals surface area contributed by atoms with E-state index in [-0.39, 0.29) is 0 Å². The van der Waals surface area contributed by atoms with Gasteiger partial charge in [-0.3, -0.25) is 0 Å². The largest absolute Gasteiger partial charge is 0.381 e. The molecule has 1 N–H and O–H groups in total. The predicted octanol–water partition coefficient (Wildman–Crippen LogP) is 5.49. The highest BCUT2D eigenvalue weighted by atomic mass is 79.9. The smallest absolute Gasteiger partial charge is 0.0411 e. The summed E-state index contributed by atoms with van der Waals surface area (Å²) in [5.41, 5.74) is 5.09. The minimum Gasteiger partial charge on any atom is -0.381 e. The first-order valence-electron chi connectivity index (χ1n) is 6.65. The molecule has 0 spiro atoms. The second-order valence-corrected chi connectivity index (χ2v) is 6.08. The monoisotopic (exact) mass is 317 g/mol. The molecule has 0 unspecified atom stereocenters. The number of benzene rings is 2. The van der Waals surface area contributed by atoms with Crippen LogP contribution in [0.2, 0.25) is 0 Å². The quantitative estimate of drug-likeness (QED) is 0.785. The number of rotatable bonds is 4. The molecule has 2 aromatic rings. The Morgan fingerprint density at radius 3 is 2.32 bits per heavy atom. The van der Waals surface area contributed by atoms with E-state index in [9.17, 15) is 0 Å². The highest BCUT2D eigenvalue weighted by Crippen LogP contribution is 2.21. The molecule has 0 radical (unpaired) electrons. The van der Waals surface area contributed by atoms with Gasteiger partial charge in [0.25, 0.3) is 0 Å². The Morgan fingerprint density at radius 1 is 1.05 bits per heavy atom. The molecule has 100 valence electrons. The highest BCUT2D eigenvalue weighted by Gasteiger charge is 2.01. The molecule has 19 heavy (non-hydrogen) atoms. The number of anilines is 1. The first-order valence-corrected chi connectivity index (χ1v) is 7.44. The Hall–Kier alpha value is -1.28. The summed E-state index contributed by atoms with van der Waals surface area (Å²) in [5.74, 6) is 0.584. The maximum Gasteiger partial charge on any atom is 0.0411 e. The molecule has 0 atom stereocenters. The lowest BCUT2D eigenvalue weighted by Crippen LogP contribution is -2.00. The minimum atomic E-state index is 0.584. The summed E-state index contributed by atoms with van der Waals surface area (Å²) >= 11 is 3.61. The van der Waals surface area contributed by atoms with E-state index in [0.29, 0.717) is 5.92 Å². The van der Waals surface area contributed by atoms with Crippen LogP contribution >= 0.6 is 15.9 Å². The molecule has 0 aliphatic rings. The fourth-order valence-electron chi connectivity index (χ4n) is 1.98. The van der Waals surface area contributed by atoms with Crippen LogP contribution in [0.5, 0.6) is 0 Å². The van der Waals surface area contributed by atoms with Crippen molar-refractivity contribution in [3.05, 3.63) is 63.6 Å². The standard InChI is InChI=1S/C17H20BrN/c1-12(2)14-6-8-16(9-7-14)19-11-15-5-4-13(3)10-17(15)18/h4-10,12,19H,11H2,1-3H3. The van der Waals surface area contributed by atoms with Gasteiger partial charge in [0.15, 0.2) is 0 Å². The average Bonchev–Trinajstić information content (AvgIpc) is 2.38. The van der Waals surface area contributed by atoms with Gasteiger partial charge in [0.1, 0.15) is 0 Å². The first kappa shape index (κ1) is 14.1. The van der Waals surface area contributed by atoms with Crippen molar-refractivity contribution in [2.24, 2.45) is 0 Å². The van der Waals surface area contributed by atoms with E-state index in [4.69, 9.17) is 0 Å². The minimum absolute atomic E-state index is 0.584. The van der Waals surface area contributed by atoms with E-state index < -0.39 is 0 Å². The van der Waals surface area contributed by atoms with Gasteiger partial charge in [-0.15, -0.1) is 0 Å². The van der Waals surface area contributed by atoms with Crippen molar-refractivity contribution in [3.8, 4) is 0 Å². The van der Waals surface area contributed by atoms with Crippen molar-refractivity contribution in [3.63, 3.8) is 0 Å². The van der Waals surface area contributed by atoms with Crippen molar-refractivity contribution >= 4 is 21.6 Å². The van der Waals surface area contributed by atoms with E-state index in [1.54, 1.807) is 0 Å². The van der Waals surface area contributed by atoms with Gasteiger partial charge in [0, 0.05) is 16.7 Å². The van der Waals surface area contributed by atoms with E-state index in [1.165, 1.54) is 21.2 Å². The van der Waals surface area contributed by atoms with Crippen molar-refractivity contribution in [2.75, 3.05) is 5.32 Å². The van der Waals surface area contributed by atoms with Crippen molar-refractivity contribution < 1.29 is 0 Å². The Labute approximate surface area is 124 Å². The second kappa shape index (κ2) is 6.25. The van der Waals surface area contributed by atoms with Crippen molar-refractivity contribution in [1.82, 2.24) is 0 Å². The van der Waals surface area contributed by atoms with Gasteiger partial charge in [-0.1, -0.05) is 54.0 Å². The molecular weight excluding hydrogens is 298 g/mol. The zero-order valence-electron chi connectivity index (χ0n) is 11.7. The lowest BCUT2D eigenvalue weighted by Gasteiger charge is -2.10. The number of halogens is 1. The molecule has 0 aliphatic heterocycles. The fourth-order valence-corrected chi connectivity index (χ4v) is 2.61. The normalized spacial score (nSPS) is 10.8. The lowest BCUT2D eigenvalue weighted by atomic mass is 10.0. The Kier molecular flexibility index (Phi) is 4.65. The summed E-state index contributed by atoms with van der Waals surface area (Å²) < 4.78 is 1.17. The molecule has 2 rings (SSSR count). The zero-order valence-corrected chi connectivity index (χ0v) is 13.3. The highest BCUT2D eigenvalue weighted by molar-refractivity contribution is 9.10. The summed E-state index contributed by atoms with van der Waals surface area (Å²) in [7, 11) is 0. The topological polar surface area (TPSA) is 12.0 Å². The van der Waals surface area contributed by atoms with Gasteiger partial charge < -0.3 is 5.32 Å². The molecule has 0 amide bonds. The number of nitrogens with one attached hydrogen (secondary N) is 1. The maximum absolute atomic E-state index is 3.61. The van der Waals surface area contributed by atoms with E-state index in [1.807, 2.05) is 0 Å². The third kappa shape index (κ3) is 3.84. The summed E-state index contributed by atoms with van der Waals surface area (Å²) in [6.45, 7) is 7.37. The van der Waals surface area contributed by atoms with E-state index in [0.717, 1.165) is 12.2 Å². The molecular formula is C17H20BrN. The molecule has 1 nitrogen and oxygen atoms in total. The first-order chi connectivity index (χ1) is 9.06. The van der Waals surface area contributed by atoms with Gasteiger partial charge in [-0.2, -0.15) is 0 Å². The van der Waals surface area contributed by atoms with Crippen LogP contribution in [0.1, 0.15) is 36.5 Å². The van der Waals surface area contributed by atoms with Gasteiger partial charge in [-0.05, 0) is 47.7 Å². The maximum atomic E-state index is 3.61. The SMILES string of the molecule is Cc1ccc(CNc2ccc(C(C)C)cc2)c(Br)c1. The van der Waals surface area contributed by atoms with Crippen LogP contribution in [-0.4, -0.2) is 0 Å². The summed E-state index contributed by atoms with van der Waals surface area (Å²) in [6.07, 6.45) is 0. The Balaban J connectivity index is 2.02. The van der Waals surface area contributed by atoms with Gasteiger partial charge in [-0.25, -0.2) is 0 Å². The van der Waals surface area contributed by atoms with Crippen LogP contribution in [0.4, 0.5) is 5.69 Å². The molecule has 0 saturated heterocycles. The fraction of sp³-hybridized carbons (Fsp3) is 0.294. The van der Waals surface area contributed by atoms with Gasteiger partial charge in [0.05, 0.1) is 0 Å². The van der Waals surface area contributed by atoms with E-state index >= 15 is 0 Å². The molecule has 2 heteroatoms. The van der Waals surface area contributed by atoms with Crippen LogP contribution in [0, 0.1) is 6.92 Å². The van der Waals surface area contributed by atoms with Gasteiger partial charge in [0.2, 0.25) is 0 Å². The number of hydrogen-bond acceptors (Lipinski definition) is 1. The summed E-state index contributed by atoms with van der Waals surface area (Å²) in [6, 6.07) is 15.1. The number of hydrogen-bond donors (Lipinski definition) is 1. The molecule has 0 aromatic heterocycles. The average molecular weight is 318 g/mol. The lowest BCUT2D eigenvalue weighted by molar-refractivity contribution is 0.867. The van der Waals surface area contributed by atoms with Crippen LogP contribution in [0.25, 0.3) is 0 Å². The van der Waals surface area contributed by atoms with Crippen LogP contribution < -0.4 is 5.32 Å². The van der Waals surface area contributed by atoms with Crippen LogP contribution in [0.15, 0.2) is 46.9 Å². The third-order valence-electron chi connectivity index (χ3n) is 3.27. The summed E-state index contributed by atoms with van der Waals surface area (Å²) in [5, 5.41) is 3.46. The molecule has 0 aliphatic carbocycles. The van der Waals surface area contributed by atoms with Gasteiger partial charge >= 0.3 is 0 Å².